The van der Waals surface area contributed by atoms with E-state index in [1.807, 2.05) is 0 Å². The Morgan fingerprint density at radius 2 is 1.97 bits per heavy atom. The van der Waals surface area contributed by atoms with Gasteiger partial charge in [-0.05, 0) is 47.1 Å². The number of anilines is 1. The Hall–Kier alpha value is -3.88. The molecular weight excluding hydrogens is 434 g/mol. The zero-order valence-electron chi connectivity index (χ0n) is 19.8. The molecule has 0 saturated carbocycles. The predicted octanol–water partition coefficient (Wildman–Crippen LogP) is 4.39. The van der Waals surface area contributed by atoms with Gasteiger partial charge in [0.1, 0.15) is 6.54 Å². The van der Waals surface area contributed by atoms with Crippen LogP contribution in [0.5, 0.6) is 0 Å². The van der Waals surface area contributed by atoms with E-state index in [1.165, 1.54) is 24.4 Å². The maximum Gasteiger partial charge on any atom is 0.407 e. The lowest BCUT2D eigenvalue weighted by molar-refractivity contribution is 0.0840. The molecule has 0 bridgehead atoms. The molecule has 9 heteroatoms. The minimum atomic E-state index is -1.20. The van der Waals surface area contributed by atoms with Crippen molar-refractivity contribution in [3.63, 3.8) is 0 Å². The van der Waals surface area contributed by atoms with Crippen molar-refractivity contribution in [1.82, 2.24) is 20.0 Å². The van der Waals surface area contributed by atoms with Gasteiger partial charge in [0.2, 0.25) is 0 Å². The van der Waals surface area contributed by atoms with Gasteiger partial charge in [-0.15, -0.1) is 0 Å². The van der Waals surface area contributed by atoms with E-state index in [1.54, 1.807) is 18.2 Å². The lowest BCUT2D eigenvalue weighted by atomic mass is 9.85. The van der Waals surface area contributed by atoms with Gasteiger partial charge in [0.25, 0.3) is 5.91 Å². The highest BCUT2D eigenvalue weighted by Crippen LogP contribution is 2.34. The average molecular weight is 464 g/mol. The van der Waals surface area contributed by atoms with Crippen LogP contribution in [0.4, 0.5) is 15.3 Å². The first-order chi connectivity index (χ1) is 16.0. The van der Waals surface area contributed by atoms with E-state index in [0.29, 0.717) is 16.6 Å². The number of carbonyl (C=O) groups excluding carboxylic acids is 2. The van der Waals surface area contributed by atoms with Crippen LogP contribution in [0.3, 0.4) is 0 Å². The normalized spacial score (nSPS) is 15.1. The summed E-state index contributed by atoms with van der Waals surface area (Å²) in [4.78, 5) is 37.2. The van der Waals surface area contributed by atoms with Crippen molar-refractivity contribution in [3.8, 4) is 0 Å². The van der Waals surface area contributed by atoms with Crippen LogP contribution in [-0.2, 0) is 11.8 Å². The second-order valence-corrected chi connectivity index (χ2v) is 9.68. The number of aromatic nitrogens is 2. The number of benzene rings is 2. The maximum absolute atomic E-state index is 12.8. The number of nitrogens with zero attached hydrogens (tertiary/aromatic N) is 3. The van der Waals surface area contributed by atoms with Gasteiger partial charge in [-0.2, -0.15) is 9.78 Å². The number of carboxylic acid groups (broad SMARTS) is 1. The molecule has 0 aliphatic heterocycles. The Morgan fingerprint density at radius 1 is 1.21 bits per heavy atom. The van der Waals surface area contributed by atoms with Gasteiger partial charge in [0, 0.05) is 12.4 Å². The minimum absolute atomic E-state index is 0.0703. The molecule has 9 nitrogen and oxygen atoms in total. The minimum Gasteiger partial charge on any atom is -0.465 e. The summed E-state index contributed by atoms with van der Waals surface area (Å²) in [7, 11) is 1.31. The van der Waals surface area contributed by atoms with Crippen molar-refractivity contribution in [3.05, 3.63) is 59.3 Å². The molecule has 1 atom stereocenters. The SMILES string of the molecule is CN(CC(=O)n1ncc2c(NC(=O)NC3CCc4cc(C(C)(C)C)ccc43)cccc21)C(=O)O. The van der Waals surface area contributed by atoms with Gasteiger partial charge < -0.3 is 20.6 Å². The molecule has 2 aromatic carbocycles. The number of hydrogen-bond donors (Lipinski definition) is 3. The second kappa shape index (κ2) is 8.81. The second-order valence-electron chi connectivity index (χ2n) is 9.68. The van der Waals surface area contributed by atoms with Crippen molar-refractivity contribution in [2.75, 3.05) is 18.9 Å². The Bertz CT molecular complexity index is 1270. The van der Waals surface area contributed by atoms with E-state index >= 15 is 0 Å². The van der Waals surface area contributed by atoms with Gasteiger partial charge in [0.05, 0.1) is 23.4 Å². The van der Waals surface area contributed by atoms with E-state index < -0.39 is 12.0 Å². The first-order valence-corrected chi connectivity index (χ1v) is 11.2. The number of hydrogen-bond acceptors (Lipinski definition) is 4. The van der Waals surface area contributed by atoms with Crippen LogP contribution in [0.15, 0.2) is 42.6 Å². The molecule has 0 spiro atoms. The summed E-state index contributed by atoms with van der Waals surface area (Å²) < 4.78 is 1.15. The standard InChI is InChI=1S/C25H29N5O4/c1-25(2,3)16-9-10-17-15(12-16)8-11-20(17)28-23(32)27-19-6-5-7-21-18(19)13-26-30(21)22(31)14-29(4)24(33)34/h5-7,9-10,12-13,20H,8,11,14H2,1-4H3,(H,33,34)(H2,27,28,32). The van der Waals surface area contributed by atoms with E-state index in [0.717, 1.165) is 28.0 Å². The van der Waals surface area contributed by atoms with Crippen LogP contribution in [0.2, 0.25) is 0 Å². The molecule has 3 amide bonds. The fourth-order valence-electron chi connectivity index (χ4n) is 4.25. The summed E-state index contributed by atoms with van der Waals surface area (Å²) in [5, 5.41) is 19.6. The van der Waals surface area contributed by atoms with Crippen LogP contribution in [0, 0.1) is 0 Å². The van der Waals surface area contributed by atoms with Crippen molar-refractivity contribution in [2.45, 2.75) is 45.1 Å². The zero-order valence-corrected chi connectivity index (χ0v) is 19.8. The van der Waals surface area contributed by atoms with Crippen LogP contribution in [-0.4, -0.2) is 51.4 Å². The number of rotatable bonds is 4. The van der Waals surface area contributed by atoms with Crippen LogP contribution in [0.25, 0.3) is 10.9 Å². The van der Waals surface area contributed by atoms with Crippen molar-refractivity contribution in [2.24, 2.45) is 0 Å². The van der Waals surface area contributed by atoms with E-state index in [9.17, 15) is 14.4 Å². The fourth-order valence-corrected chi connectivity index (χ4v) is 4.25. The molecule has 3 aromatic rings. The van der Waals surface area contributed by atoms with Crippen LogP contribution in [0.1, 0.15) is 54.7 Å². The summed E-state index contributed by atoms with van der Waals surface area (Å²) >= 11 is 0. The average Bonchev–Trinajstić information content (AvgIpc) is 3.37. The quantitative estimate of drug-likeness (QED) is 0.530. The van der Waals surface area contributed by atoms with Crippen LogP contribution < -0.4 is 10.6 Å². The number of amides is 3. The maximum atomic E-state index is 12.8. The highest BCUT2D eigenvalue weighted by molar-refractivity contribution is 6.03. The lowest BCUT2D eigenvalue weighted by Gasteiger charge is -2.21. The molecule has 0 fully saturated rings. The molecule has 1 aliphatic carbocycles. The van der Waals surface area contributed by atoms with Crippen molar-refractivity contribution >= 4 is 34.6 Å². The van der Waals surface area contributed by atoms with Gasteiger partial charge in [-0.1, -0.05) is 45.0 Å². The molecule has 0 saturated heterocycles. The number of nitrogens with one attached hydrogen (secondary N) is 2. The third-order valence-electron chi connectivity index (χ3n) is 6.19. The summed E-state index contributed by atoms with van der Waals surface area (Å²) in [6, 6.07) is 11.2. The smallest absolute Gasteiger partial charge is 0.407 e. The largest absolute Gasteiger partial charge is 0.465 e. The molecule has 34 heavy (non-hydrogen) atoms. The van der Waals surface area contributed by atoms with Crippen molar-refractivity contribution < 1.29 is 19.5 Å². The number of carbonyl (C=O) groups is 3. The van der Waals surface area contributed by atoms with Gasteiger partial charge in [0.15, 0.2) is 0 Å². The molecule has 4 rings (SSSR count). The number of aryl methyl sites for hydroxylation is 1. The first-order valence-electron chi connectivity index (χ1n) is 11.2. The highest BCUT2D eigenvalue weighted by Gasteiger charge is 2.26. The van der Waals surface area contributed by atoms with E-state index in [2.05, 4.69) is 54.7 Å². The molecule has 1 aliphatic rings. The molecule has 1 unspecified atom stereocenters. The molecule has 1 heterocycles. The Morgan fingerprint density at radius 3 is 2.68 bits per heavy atom. The summed E-state index contributed by atoms with van der Waals surface area (Å²) in [6.07, 6.45) is 2.04. The topological polar surface area (TPSA) is 117 Å². The molecule has 0 radical (unpaired) electrons. The highest BCUT2D eigenvalue weighted by atomic mass is 16.4. The fraction of sp³-hybridized carbons (Fsp3) is 0.360. The summed E-state index contributed by atoms with van der Waals surface area (Å²) in [5.74, 6) is -0.487. The predicted molar refractivity (Wildman–Crippen MR) is 129 cm³/mol. The molecular formula is C25H29N5O4. The monoisotopic (exact) mass is 463 g/mol. The summed E-state index contributed by atoms with van der Waals surface area (Å²) in [5.41, 5.74) is 4.77. The zero-order chi connectivity index (χ0) is 24.6. The number of fused-ring (bicyclic) bond motifs is 2. The van der Waals surface area contributed by atoms with Gasteiger partial charge in [-0.3, -0.25) is 4.79 Å². The van der Waals surface area contributed by atoms with Crippen LogP contribution >= 0.6 is 0 Å². The number of likely N-dealkylation sites (N-methyl/N-ethyl adjacent to an activating group) is 1. The Labute approximate surface area is 197 Å². The van der Waals surface area contributed by atoms with Gasteiger partial charge >= 0.3 is 12.1 Å². The molecule has 3 N–H and O–H groups in total. The Balaban J connectivity index is 1.48. The first kappa shape index (κ1) is 23.3. The lowest BCUT2D eigenvalue weighted by Crippen LogP contribution is -2.33. The van der Waals surface area contributed by atoms with Gasteiger partial charge in [-0.25, -0.2) is 9.59 Å². The third kappa shape index (κ3) is 4.59. The number of urea groups is 1. The third-order valence-corrected chi connectivity index (χ3v) is 6.19. The Kier molecular flexibility index (Phi) is 6.03. The molecule has 178 valence electrons. The van der Waals surface area contributed by atoms with E-state index in [4.69, 9.17) is 5.11 Å². The van der Waals surface area contributed by atoms with E-state index in [-0.39, 0.29) is 24.0 Å². The van der Waals surface area contributed by atoms with Crippen molar-refractivity contribution in [1.29, 1.82) is 0 Å². The summed E-state index contributed by atoms with van der Waals surface area (Å²) in [6.45, 7) is 6.23. The molecule has 1 aromatic heterocycles.